The van der Waals surface area contributed by atoms with Crippen LogP contribution in [0.25, 0.3) is 0 Å². The lowest BCUT2D eigenvalue weighted by atomic mass is 10.6. The molecule has 0 aromatic carbocycles. The molecular formula is C7H13N3O3S. The van der Waals surface area contributed by atoms with Gasteiger partial charge >= 0.3 is 0 Å². The standard InChI is InChI=1S/C7H13N3O3S/c1-3-4-14(11,12)8-5-7-9-6(2)13-10-7/h8H,3-5H2,1-2H3. The van der Waals surface area contributed by atoms with E-state index in [1.165, 1.54) is 0 Å². The van der Waals surface area contributed by atoms with Crippen molar-refractivity contribution in [3.63, 3.8) is 0 Å². The fourth-order valence-corrected chi connectivity index (χ4v) is 1.96. The minimum Gasteiger partial charge on any atom is -0.340 e. The summed E-state index contributed by atoms with van der Waals surface area (Å²) in [7, 11) is -3.19. The zero-order valence-electron chi connectivity index (χ0n) is 8.15. The van der Waals surface area contributed by atoms with Crippen LogP contribution in [-0.4, -0.2) is 24.3 Å². The summed E-state index contributed by atoms with van der Waals surface area (Å²) in [6.45, 7) is 3.54. The van der Waals surface area contributed by atoms with Gasteiger partial charge in [-0.2, -0.15) is 4.98 Å². The molecule has 1 rings (SSSR count). The lowest BCUT2D eigenvalue weighted by Gasteiger charge is -2.01. The molecule has 1 heterocycles. The molecule has 0 saturated carbocycles. The number of nitrogens with zero attached hydrogens (tertiary/aromatic N) is 2. The van der Waals surface area contributed by atoms with Gasteiger partial charge in [0.05, 0.1) is 12.3 Å². The molecule has 0 bridgehead atoms. The maximum Gasteiger partial charge on any atom is 0.223 e. The molecule has 0 radical (unpaired) electrons. The molecular weight excluding hydrogens is 206 g/mol. The Morgan fingerprint density at radius 3 is 2.71 bits per heavy atom. The first-order valence-corrected chi connectivity index (χ1v) is 5.95. The maximum absolute atomic E-state index is 11.2. The highest BCUT2D eigenvalue weighted by atomic mass is 32.2. The van der Waals surface area contributed by atoms with Crippen molar-refractivity contribution in [2.24, 2.45) is 0 Å². The Balaban J connectivity index is 2.48. The summed E-state index contributed by atoms with van der Waals surface area (Å²) in [4.78, 5) is 3.87. The molecule has 0 spiro atoms. The van der Waals surface area contributed by atoms with Crippen molar-refractivity contribution >= 4 is 10.0 Å². The van der Waals surface area contributed by atoms with Crippen molar-refractivity contribution in [1.29, 1.82) is 0 Å². The van der Waals surface area contributed by atoms with Gasteiger partial charge in [-0.15, -0.1) is 0 Å². The van der Waals surface area contributed by atoms with Crippen LogP contribution in [0.2, 0.25) is 0 Å². The predicted octanol–water partition coefficient (Wildman–Crippen LogP) is 0.207. The summed E-state index contributed by atoms with van der Waals surface area (Å²) < 4.78 is 29.5. The number of hydrogen-bond acceptors (Lipinski definition) is 5. The summed E-state index contributed by atoms with van der Waals surface area (Å²) in [6.07, 6.45) is 0.584. The number of rotatable bonds is 5. The second kappa shape index (κ2) is 4.52. The van der Waals surface area contributed by atoms with Gasteiger partial charge in [0.15, 0.2) is 5.82 Å². The fourth-order valence-electron chi connectivity index (χ4n) is 0.929. The van der Waals surface area contributed by atoms with Crippen LogP contribution in [0.1, 0.15) is 25.1 Å². The highest BCUT2D eigenvalue weighted by Crippen LogP contribution is 1.96. The molecule has 0 unspecified atom stereocenters. The van der Waals surface area contributed by atoms with Crippen LogP contribution in [0.15, 0.2) is 4.52 Å². The van der Waals surface area contributed by atoms with E-state index in [0.29, 0.717) is 18.1 Å². The zero-order chi connectivity index (χ0) is 10.6. The molecule has 1 aromatic heterocycles. The van der Waals surface area contributed by atoms with Crippen molar-refractivity contribution in [3.05, 3.63) is 11.7 Å². The molecule has 6 nitrogen and oxygen atoms in total. The molecule has 14 heavy (non-hydrogen) atoms. The normalized spacial score (nSPS) is 11.9. The van der Waals surface area contributed by atoms with Crippen molar-refractivity contribution in [2.45, 2.75) is 26.8 Å². The Labute approximate surface area is 82.8 Å². The predicted molar refractivity (Wildman–Crippen MR) is 50.0 cm³/mol. The lowest BCUT2D eigenvalue weighted by molar-refractivity contribution is 0.387. The Kier molecular flexibility index (Phi) is 3.59. The van der Waals surface area contributed by atoms with E-state index in [4.69, 9.17) is 4.52 Å². The fraction of sp³-hybridized carbons (Fsp3) is 0.714. The first-order chi connectivity index (χ1) is 6.53. The second-order valence-corrected chi connectivity index (χ2v) is 4.80. The zero-order valence-corrected chi connectivity index (χ0v) is 8.97. The van der Waals surface area contributed by atoms with Gasteiger partial charge < -0.3 is 4.52 Å². The Morgan fingerprint density at radius 2 is 2.21 bits per heavy atom. The molecule has 0 saturated heterocycles. The van der Waals surface area contributed by atoms with Gasteiger partial charge in [-0.1, -0.05) is 12.1 Å². The van der Waals surface area contributed by atoms with Gasteiger partial charge in [0, 0.05) is 6.92 Å². The first kappa shape index (κ1) is 11.1. The number of aryl methyl sites for hydroxylation is 1. The summed E-state index contributed by atoms with van der Waals surface area (Å²) >= 11 is 0. The van der Waals surface area contributed by atoms with Gasteiger partial charge in [-0.3, -0.25) is 0 Å². The van der Waals surface area contributed by atoms with Crippen LogP contribution >= 0.6 is 0 Å². The molecule has 80 valence electrons. The van der Waals surface area contributed by atoms with Crippen LogP contribution < -0.4 is 4.72 Å². The van der Waals surface area contributed by atoms with E-state index in [9.17, 15) is 8.42 Å². The van der Waals surface area contributed by atoms with Crippen LogP contribution in [0.5, 0.6) is 0 Å². The molecule has 0 fully saturated rings. The average Bonchev–Trinajstić information content (AvgIpc) is 2.48. The van der Waals surface area contributed by atoms with Crippen LogP contribution in [0.4, 0.5) is 0 Å². The lowest BCUT2D eigenvalue weighted by Crippen LogP contribution is -2.26. The van der Waals surface area contributed by atoms with E-state index in [-0.39, 0.29) is 12.3 Å². The van der Waals surface area contributed by atoms with E-state index in [1.54, 1.807) is 13.8 Å². The topological polar surface area (TPSA) is 85.1 Å². The van der Waals surface area contributed by atoms with E-state index in [1.807, 2.05) is 0 Å². The summed E-state index contributed by atoms with van der Waals surface area (Å²) in [6, 6.07) is 0. The maximum atomic E-state index is 11.2. The minimum absolute atomic E-state index is 0.0830. The van der Waals surface area contributed by atoms with Crippen LogP contribution in [0.3, 0.4) is 0 Å². The molecule has 1 N–H and O–H groups in total. The first-order valence-electron chi connectivity index (χ1n) is 4.30. The van der Waals surface area contributed by atoms with E-state index >= 15 is 0 Å². The number of hydrogen-bond donors (Lipinski definition) is 1. The van der Waals surface area contributed by atoms with Crippen LogP contribution in [-0.2, 0) is 16.6 Å². The van der Waals surface area contributed by atoms with Crippen molar-refractivity contribution < 1.29 is 12.9 Å². The van der Waals surface area contributed by atoms with Gasteiger partial charge in [-0.25, -0.2) is 13.1 Å². The van der Waals surface area contributed by atoms with Crippen molar-refractivity contribution in [2.75, 3.05) is 5.75 Å². The molecule has 0 aliphatic rings. The highest BCUT2D eigenvalue weighted by molar-refractivity contribution is 7.89. The van der Waals surface area contributed by atoms with Gasteiger partial charge in [-0.05, 0) is 6.42 Å². The largest absolute Gasteiger partial charge is 0.340 e. The summed E-state index contributed by atoms with van der Waals surface area (Å²) in [5, 5.41) is 3.57. The Hall–Kier alpha value is -0.950. The number of aromatic nitrogens is 2. The van der Waals surface area contributed by atoms with Crippen LogP contribution in [0, 0.1) is 6.92 Å². The number of sulfonamides is 1. The smallest absolute Gasteiger partial charge is 0.223 e. The second-order valence-electron chi connectivity index (χ2n) is 2.87. The number of nitrogens with one attached hydrogen (secondary N) is 1. The average molecular weight is 219 g/mol. The van der Waals surface area contributed by atoms with Gasteiger partial charge in [0.2, 0.25) is 15.9 Å². The third-order valence-electron chi connectivity index (χ3n) is 1.49. The Morgan fingerprint density at radius 1 is 1.50 bits per heavy atom. The van der Waals surface area contributed by atoms with E-state index in [0.717, 1.165) is 0 Å². The van der Waals surface area contributed by atoms with Gasteiger partial charge in [0.25, 0.3) is 0 Å². The summed E-state index contributed by atoms with van der Waals surface area (Å²) in [5.74, 6) is 0.890. The molecule has 0 atom stereocenters. The Bertz CT molecular complexity index is 385. The monoisotopic (exact) mass is 219 g/mol. The SMILES string of the molecule is CCCS(=O)(=O)NCc1noc(C)n1. The molecule has 0 aliphatic carbocycles. The molecule has 7 heteroatoms. The van der Waals surface area contributed by atoms with E-state index in [2.05, 4.69) is 14.9 Å². The van der Waals surface area contributed by atoms with Crippen molar-refractivity contribution in [3.8, 4) is 0 Å². The summed E-state index contributed by atoms with van der Waals surface area (Å²) in [5.41, 5.74) is 0. The quantitative estimate of drug-likeness (QED) is 0.765. The minimum atomic E-state index is -3.19. The van der Waals surface area contributed by atoms with Gasteiger partial charge in [0.1, 0.15) is 0 Å². The molecule has 0 aliphatic heterocycles. The molecule has 0 amide bonds. The van der Waals surface area contributed by atoms with Crippen molar-refractivity contribution in [1.82, 2.24) is 14.9 Å². The third kappa shape index (κ3) is 3.43. The van der Waals surface area contributed by atoms with E-state index < -0.39 is 10.0 Å². The third-order valence-corrected chi connectivity index (χ3v) is 3.02. The highest BCUT2D eigenvalue weighted by Gasteiger charge is 2.10. The molecule has 1 aromatic rings.